The van der Waals surface area contributed by atoms with E-state index in [1.807, 2.05) is 6.07 Å². The Morgan fingerprint density at radius 2 is 1.88 bits per heavy atom. The number of Topliss-reactive ketones (excluding diaryl/α,β-unsaturated/α-hetero) is 1. The third kappa shape index (κ3) is 4.14. The van der Waals surface area contributed by atoms with Gasteiger partial charge >= 0.3 is 0 Å². The smallest absolute Gasteiger partial charge is 0.249 e. The number of rotatable bonds is 5. The van der Waals surface area contributed by atoms with Gasteiger partial charge in [-0.2, -0.15) is 15.3 Å². The summed E-state index contributed by atoms with van der Waals surface area (Å²) in [5, 5.41) is 22.9. The van der Waals surface area contributed by atoms with Crippen LogP contribution in [0, 0.1) is 11.3 Å². The van der Waals surface area contributed by atoms with Gasteiger partial charge in [-0.3, -0.25) is 4.79 Å². The number of nitrogens with one attached hydrogen (secondary N) is 2. The maximum absolute atomic E-state index is 11.3. The number of hydrogen-bond donors (Lipinski definition) is 2. The Morgan fingerprint density at radius 3 is 2.60 bits per heavy atom. The van der Waals surface area contributed by atoms with Crippen LogP contribution >= 0.6 is 0 Å². The molecule has 0 aliphatic rings. The number of nitrogens with zero attached hydrogens (tertiary/aromatic N) is 4. The van der Waals surface area contributed by atoms with Crippen LogP contribution in [0.4, 0.5) is 23.1 Å². The van der Waals surface area contributed by atoms with Crippen molar-refractivity contribution in [2.75, 3.05) is 10.6 Å². The number of carbonyl (C=O) groups is 1. The summed E-state index contributed by atoms with van der Waals surface area (Å²) in [4.78, 5) is 15.6. The van der Waals surface area contributed by atoms with E-state index >= 15 is 0 Å². The summed E-state index contributed by atoms with van der Waals surface area (Å²) in [6.45, 7) is 1.52. The Morgan fingerprint density at radius 1 is 1.08 bits per heavy atom. The van der Waals surface area contributed by atoms with Gasteiger partial charge in [-0.15, -0.1) is 5.10 Å². The summed E-state index contributed by atoms with van der Waals surface area (Å²) < 4.78 is 0. The molecule has 7 heteroatoms. The molecule has 0 aliphatic carbocycles. The maximum atomic E-state index is 11.3. The highest BCUT2D eigenvalue weighted by Crippen LogP contribution is 2.18. The highest BCUT2D eigenvalue weighted by Gasteiger charge is 2.04. The minimum absolute atomic E-state index is 0.00950. The van der Waals surface area contributed by atoms with Crippen LogP contribution in [0.2, 0.25) is 0 Å². The summed E-state index contributed by atoms with van der Waals surface area (Å²) in [7, 11) is 0. The van der Waals surface area contributed by atoms with E-state index in [1.165, 1.54) is 13.1 Å². The number of ketones is 1. The molecular formula is C18H14N6O. The fourth-order valence-electron chi connectivity index (χ4n) is 2.15. The molecule has 0 amide bonds. The maximum Gasteiger partial charge on any atom is 0.249 e. The average molecular weight is 330 g/mol. The lowest BCUT2D eigenvalue weighted by Crippen LogP contribution is -2.02. The molecule has 0 spiro atoms. The number of aromatic nitrogens is 3. The Bertz CT molecular complexity index is 946. The van der Waals surface area contributed by atoms with Crippen molar-refractivity contribution in [2.45, 2.75) is 6.92 Å². The second-order valence-corrected chi connectivity index (χ2v) is 5.24. The van der Waals surface area contributed by atoms with Gasteiger partial charge < -0.3 is 10.6 Å². The first kappa shape index (κ1) is 16.1. The lowest BCUT2D eigenvalue weighted by atomic mass is 10.1. The third-order valence-corrected chi connectivity index (χ3v) is 3.37. The molecule has 2 aromatic carbocycles. The normalized spacial score (nSPS) is 9.92. The Balaban J connectivity index is 1.75. The first-order valence-corrected chi connectivity index (χ1v) is 7.49. The minimum atomic E-state index is 0.00950. The standard InChI is InChI=1S/C18H14N6O/c1-12(25)14-5-7-15(8-6-14)22-18-23-17(11-20-24-18)21-16-4-2-3-13(9-16)10-19/h2-9,11H,1H3,(H2,21,22,23,24). The van der Waals surface area contributed by atoms with E-state index in [-0.39, 0.29) is 5.78 Å². The number of benzene rings is 2. The molecule has 0 unspecified atom stereocenters. The fourth-order valence-corrected chi connectivity index (χ4v) is 2.15. The molecule has 0 saturated heterocycles. The molecule has 3 aromatic rings. The quantitative estimate of drug-likeness (QED) is 0.691. The van der Waals surface area contributed by atoms with Crippen molar-refractivity contribution in [3.05, 3.63) is 65.9 Å². The molecule has 0 aliphatic heterocycles. The first-order chi connectivity index (χ1) is 12.1. The van der Waals surface area contributed by atoms with Gasteiger partial charge in [0.2, 0.25) is 5.95 Å². The van der Waals surface area contributed by atoms with Gasteiger partial charge in [0, 0.05) is 16.9 Å². The van der Waals surface area contributed by atoms with E-state index in [1.54, 1.807) is 42.5 Å². The highest BCUT2D eigenvalue weighted by atomic mass is 16.1. The van der Waals surface area contributed by atoms with Crippen LogP contribution in [0.15, 0.2) is 54.7 Å². The van der Waals surface area contributed by atoms with Crippen molar-refractivity contribution in [2.24, 2.45) is 0 Å². The Labute approximate surface area is 144 Å². The van der Waals surface area contributed by atoms with Gasteiger partial charge in [0.1, 0.15) is 0 Å². The highest BCUT2D eigenvalue weighted by molar-refractivity contribution is 5.94. The molecule has 25 heavy (non-hydrogen) atoms. The van der Waals surface area contributed by atoms with Crippen molar-refractivity contribution in [3.63, 3.8) is 0 Å². The molecule has 0 atom stereocenters. The van der Waals surface area contributed by atoms with Crippen LogP contribution in [0.3, 0.4) is 0 Å². The predicted octanol–water partition coefficient (Wildman–Crippen LogP) is 3.43. The third-order valence-electron chi connectivity index (χ3n) is 3.37. The summed E-state index contributed by atoms with van der Waals surface area (Å²) >= 11 is 0. The SMILES string of the molecule is CC(=O)c1ccc(Nc2nncc(Nc3cccc(C#N)c3)n2)cc1. The molecule has 0 radical (unpaired) electrons. The van der Waals surface area contributed by atoms with Gasteiger partial charge in [-0.25, -0.2) is 0 Å². The zero-order valence-electron chi connectivity index (χ0n) is 13.4. The van der Waals surface area contributed by atoms with Crippen molar-refractivity contribution >= 4 is 28.9 Å². The minimum Gasteiger partial charge on any atom is -0.339 e. The first-order valence-electron chi connectivity index (χ1n) is 7.49. The van der Waals surface area contributed by atoms with Crippen LogP contribution in [0.1, 0.15) is 22.8 Å². The van der Waals surface area contributed by atoms with E-state index in [4.69, 9.17) is 5.26 Å². The van der Waals surface area contributed by atoms with Crippen LogP contribution in [0.25, 0.3) is 0 Å². The van der Waals surface area contributed by atoms with E-state index < -0.39 is 0 Å². The van der Waals surface area contributed by atoms with Gasteiger partial charge in [0.25, 0.3) is 0 Å². The number of nitriles is 1. The zero-order chi connectivity index (χ0) is 17.6. The summed E-state index contributed by atoms with van der Waals surface area (Å²) in [5.41, 5.74) is 2.67. The number of carbonyl (C=O) groups excluding carboxylic acids is 1. The molecule has 122 valence electrons. The Kier molecular flexibility index (Phi) is 4.62. The molecule has 2 N–H and O–H groups in total. The van der Waals surface area contributed by atoms with Crippen molar-refractivity contribution < 1.29 is 4.79 Å². The number of anilines is 4. The molecule has 1 aromatic heterocycles. The summed E-state index contributed by atoms with van der Waals surface area (Å²) in [6, 6.07) is 16.1. The summed E-state index contributed by atoms with van der Waals surface area (Å²) in [5.74, 6) is 0.820. The van der Waals surface area contributed by atoms with Crippen molar-refractivity contribution in [1.82, 2.24) is 15.2 Å². The molecule has 0 bridgehead atoms. The molecule has 3 rings (SSSR count). The second kappa shape index (κ2) is 7.19. The lowest BCUT2D eigenvalue weighted by molar-refractivity contribution is 0.101. The van der Waals surface area contributed by atoms with E-state index in [0.29, 0.717) is 22.9 Å². The zero-order valence-corrected chi connectivity index (χ0v) is 13.4. The van der Waals surface area contributed by atoms with Gasteiger partial charge in [-0.05, 0) is 49.4 Å². The average Bonchev–Trinajstić information content (AvgIpc) is 2.62. The number of hydrogen-bond acceptors (Lipinski definition) is 7. The molecular weight excluding hydrogens is 316 g/mol. The fraction of sp³-hybridized carbons (Fsp3) is 0.0556. The molecule has 0 fully saturated rings. The van der Waals surface area contributed by atoms with Gasteiger partial charge in [0.05, 0.1) is 17.8 Å². The van der Waals surface area contributed by atoms with Gasteiger partial charge in [0.15, 0.2) is 11.6 Å². The predicted molar refractivity (Wildman–Crippen MR) is 94.0 cm³/mol. The summed E-state index contributed by atoms with van der Waals surface area (Å²) in [6.07, 6.45) is 1.49. The van der Waals surface area contributed by atoms with E-state index in [0.717, 1.165) is 11.4 Å². The second-order valence-electron chi connectivity index (χ2n) is 5.24. The topological polar surface area (TPSA) is 104 Å². The monoisotopic (exact) mass is 330 g/mol. The largest absolute Gasteiger partial charge is 0.339 e. The van der Waals surface area contributed by atoms with Crippen LogP contribution in [-0.2, 0) is 0 Å². The molecule has 1 heterocycles. The lowest BCUT2D eigenvalue weighted by Gasteiger charge is -2.08. The Hall–Kier alpha value is -3.79. The van der Waals surface area contributed by atoms with Crippen LogP contribution < -0.4 is 10.6 Å². The van der Waals surface area contributed by atoms with Gasteiger partial charge in [-0.1, -0.05) is 6.07 Å². The van der Waals surface area contributed by atoms with E-state index in [2.05, 4.69) is 31.9 Å². The van der Waals surface area contributed by atoms with Crippen molar-refractivity contribution in [1.29, 1.82) is 5.26 Å². The molecule has 7 nitrogen and oxygen atoms in total. The molecule has 0 saturated carbocycles. The van der Waals surface area contributed by atoms with E-state index in [9.17, 15) is 4.79 Å². The van der Waals surface area contributed by atoms with Crippen molar-refractivity contribution in [3.8, 4) is 6.07 Å². The van der Waals surface area contributed by atoms with Crippen LogP contribution in [0.5, 0.6) is 0 Å². The van der Waals surface area contributed by atoms with Crippen LogP contribution in [-0.4, -0.2) is 21.0 Å².